The van der Waals surface area contributed by atoms with E-state index in [4.69, 9.17) is 14.2 Å². The maximum absolute atomic E-state index is 11.0. The van der Waals surface area contributed by atoms with Gasteiger partial charge in [0.25, 0.3) is 0 Å². The average molecular weight is 224 g/mol. The van der Waals surface area contributed by atoms with E-state index in [1.165, 1.54) is 0 Å². The molecule has 0 heterocycles. The Morgan fingerprint density at radius 3 is 2.62 bits per heavy atom. The largest absolute Gasteiger partial charge is 0.490 e. The summed E-state index contributed by atoms with van der Waals surface area (Å²) in [7, 11) is 0. The van der Waals surface area contributed by atoms with Crippen LogP contribution < -0.4 is 4.74 Å². The van der Waals surface area contributed by atoms with Gasteiger partial charge in [0, 0.05) is 6.61 Å². The van der Waals surface area contributed by atoms with E-state index in [0.29, 0.717) is 13.2 Å². The van der Waals surface area contributed by atoms with Gasteiger partial charge in [-0.3, -0.25) is 0 Å². The van der Waals surface area contributed by atoms with Gasteiger partial charge < -0.3 is 14.2 Å². The minimum Gasteiger partial charge on any atom is -0.490 e. The fourth-order valence-corrected chi connectivity index (χ4v) is 1.06. The smallest absolute Gasteiger partial charge is 0.332 e. The molecule has 0 atom stereocenters. The topological polar surface area (TPSA) is 44.8 Å². The number of carbonyl (C=O) groups excluding carboxylic acids is 1. The zero-order valence-electron chi connectivity index (χ0n) is 9.35. The Labute approximate surface area is 95.1 Å². The second-order valence-corrected chi connectivity index (χ2v) is 3.02. The third-order valence-electron chi connectivity index (χ3n) is 1.78. The van der Waals surface area contributed by atoms with Crippen molar-refractivity contribution in [2.24, 2.45) is 0 Å². The molecule has 88 valence electrons. The summed E-state index contributed by atoms with van der Waals surface area (Å²) in [5.41, 5.74) is 0. The van der Waals surface area contributed by atoms with Crippen molar-refractivity contribution in [2.75, 3.05) is 26.4 Å². The third kappa shape index (κ3) is 5.36. The molecule has 0 spiro atoms. The highest BCUT2D eigenvalue weighted by Gasteiger charge is 2.01. The van der Waals surface area contributed by atoms with Gasteiger partial charge in [-0.05, 0) is 19.1 Å². The molecule has 0 fully saturated rings. The predicted octanol–water partition coefficient (Wildman–Crippen LogP) is 1.65. The summed E-state index contributed by atoms with van der Waals surface area (Å²) >= 11 is 0. The highest BCUT2D eigenvalue weighted by Crippen LogP contribution is 2.07. The zero-order valence-corrected chi connectivity index (χ0v) is 9.35. The number of carbonyl (C=O) groups is 1. The molecule has 0 aromatic heterocycles. The highest BCUT2D eigenvalue weighted by atomic mass is 16.6. The first-order chi connectivity index (χ1) is 7.83. The van der Waals surface area contributed by atoms with Crippen LogP contribution in [0.1, 0.15) is 6.92 Å². The minimum absolute atomic E-state index is 0.00182. The molecule has 0 amide bonds. The summed E-state index contributed by atoms with van der Waals surface area (Å²) in [5.74, 6) is 0.405. The second kappa shape index (κ2) is 7.70. The molecule has 4 heteroatoms. The molecule has 0 aliphatic heterocycles. The monoisotopic (exact) mass is 224 g/mol. The van der Waals surface area contributed by atoms with Gasteiger partial charge in [0.05, 0.1) is 0 Å². The minimum atomic E-state index is -0.362. The fourth-order valence-electron chi connectivity index (χ4n) is 1.06. The van der Waals surface area contributed by atoms with Crippen LogP contribution in [-0.4, -0.2) is 32.4 Å². The van der Waals surface area contributed by atoms with Gasteiger partial charge in [0.1, 0.15) is 25.6 Å². The molecule has 0 unspecified atom stereocenters. The number of rotatable bonds is 7. The molecule has 1 aromatic rings. The number of hydrogen-bond donors (Lipinski definition) is 0. The standard InChI is InChI=1S/C12H16O4/c1-2-14-10-12(13)16-9-8-15-11-6-4-3-5-7-11/h3-7H,2,8-10H2,1H3. The van der Waals surface area contributed by atoms with Gasteiger partial charge in [-0.25, -0.2) is 4.79 Å². The van der Waals surface area contributed by atoms with E-state index in [2.05, 4.69) is 0 Å². The van der Waals surface area contributed by atoms with Gasteiger partial charge in [0.2, 0.25) is 0 Å². The molecule has 0 saturated carbocycles. The Bertz CT molecular complexity index is 297. The lowest BCUT2D eigenvalue weighted by Gasteiger charge is -2.07. The first-order valence-electron chi connectivity index (χ1n) is 5.24. The maximum Gasteiger partial charge on any atom is 0.332 e. The molecule has 0 aliphatic carbocycles. The number of ether oxygens (including phenoxy) is 3. The SMILES string of the molecule is CCOCC(=O)OCCOc1ccccc1. The molecular formula is C12H16O4. The lowest BCUT2D eigenvalue weighted by atomic mass is 10.3. The average Bonchev–Trinajstić information content (AvgIpc) is 2.33. The van der Waals surface area contributed by atoms with Crippen molar-refractivity contribution in [3.8, 4) is 5.75 Å². The quantitative estimate of drug-likeness (QED) is 0.521. The van der Waals surface area contributed by atoms with E-state index in [9.17, 15) is 4.79 Å². The molecule has 0 bridgehead atoms. The van der Waals surface area contributed by atoms with Crippen molar-refractivity contribution < 1.29 is 19.0 Å². The van der Waals surface area contributed by atoms with E-state index < -0.39 is 0 Å². The molecule has 1 rings (SSSR count). The Morgan fingerprint density at radius 1 is 1.19 bits per heavy atom. The van der Waals surface area contributed by atoms with Crippen LogP contribution >= 0.6 is 0 Å². The molecule has 0 N–H and O–H groups in total. The van der Waals surface area contributed by atoms with Gasteiger partial charge in [-0.2, -0.15) is 0 Å². The fraction of sp³-hybridized carbons (Fsp3) is 0.417. The summed E-state index contributed by atoms with van der Waals surface area (Å²) in [6.07, 6.45) is 0. The Balaban J connectivity index is 2.06. The molecule has 16 heavy (non-hydrogen) atoms. The van der Waals surface area contributed by atoms with Crippen LogP contribution in [0.2, 0.25) is 0 Å². The van der Waals surface area contributed by atoms with Gasteiger partial charge >= 0.3 is 5.97 Å². The lowest BCUT2D eigenvalue weighted by molar-refractivity contribution is -0.149. The Morgan fingerprint density at radius 2 is 1.94 bits per heavy atom. The molecule has 4 nitrogen and oxygen atoms in total. The first kappa shape index (κ1) is 12.5. The summed E-state index contributed by atoms with van der Waals surface area (Å²) in [4.78, 5) is 11.0. The van der Waals surface area contributed by atoms with Gasteiger partial charge in [-0.15, -0.1) is 0 Å². The van der Waals surface area contributed by atoms with Crippen LogP contribution in [-0.2, 0) is 14.3 Å². The van der Waals surface area contributed by atoms with Crippen LogP contribution in [0.4, 0.5) is 0 Å². The molecule has 0 aliphatic rings. The zero-order chi connectivity index (χ0) is 11.6. The van der Waals surface area contributed by atoms with E-state index in [-0.39, 0.29) is 19.2 Å². The van der Waals surface area contributed by atoms with Crippen molar-refractivity contribution >= 4 is 5.97 Å². The first-order valence-corrected chi connectivity index (χ1v) is 5.24. The normalized spacial score (nSPS) is 9.81. The van der Waals surface area contributed by atoms with Crippen LogP contribution in [0.15, 0.2) is 30.3 Å². The summed E-state index contributed by atoms with van der Waals surface area (Å²) in [6, 6.07) is 9.38. The molecular weight excluding hydrogens is 208 g/mol. The van der Waals surface area contributed by atoms with E-state index in [1.807, 2.05) is 37.3 Å². The number of para-hydroxylation sites is 1. The molecule has 0 radical (unpaired) electrons. The van der Waals surface area contributed by atoms with Crippen LogP contribution in [0.5, 0.6) is 5.75 Å². The number of benzene rings is 1. The summed E-state index contributed by atoms with van der Waals surface area (Å²) < 4.78 is 15.1. The molecule has 1 aromatic carbocycles. The van der Waals surface area contributed by atoms with Crippen molar-refractivity contribution in [1.29, 1.82) is 0 Å². The number of hydrogen-bond acceptors (Lipinski definition) is 4. The van der Waals surface area contributed by atoms with Crippen LogP contribution in [0, 0.1) is 0 Å². The van der Waals surface area contributed by atoms with Crippen molar-refractivity contribution in [3.63, 3.8) is 0 Å². The van der Waals surface area contributed by atoms with E-state index >= 15 is 0 Å². The highest BCUT2D eigenvalue weighted by molar-refractivity contribution is 5.70. The number of esters is 1. The third-order valence-corrected chi connectivity index (χ3v) is 1.78. The van der Waals surface area contributed by atoms with Crippen molar-refractivity contribution in [1.82, 2.24) is 0 Å². The van der Waals surface area contributed by atoms with E-state index in [1.54, 1.807) is 0 Å². The maximum atomic E-state index is 11.0. The van der Waals surface area contributed by atoms with Gasteiger partial charge in [-0.1, -0.05) is 18.2 Å². The van der Waals surface area contributed by atoms with Crippen LogP contribution in [0.25, 0.3) is 0 Å². The Kier molecular flexibility index (Phi) is 6.03. The van der Waals surface area contributed by atoms with Crippen molar-refractivity contribution in [2.45, 2.75) is 6.92 Å². The van der Waals surface area contributed by atoms with Crippen molar-refractivity contribution in [3.05, 3.63) is 30.3 Å². The molecule has 0 saturated heterocycles. The Hall–Kier alpha value is -1.55. The summed E-state index contributed by atoms with van der Waals surface area (Å²) in [6.45, 7) is 2.92. The van der Waals surface area contributed by atoms with Gasteiger partial charge in [0.15, 0.2) is 0 Å². The lowest BCUT2D eigenvalue weighted by Crippen LogP contribution is -2.16. The van der Waals surface area contributed by atoms with E-state index in [0.717, 1.165) is 5.75 Å². The predicted molar refractivity (Wildman–Crippen MR) is 59.4 cm³/mol. The second-order valence-electron chi connectivity index (χ2n) is 3.02. The summed E-state index contributed by atoms with van der Waals surface area (Å²) in [5, 5.41) is 0. The van der Waals surface area contributed by atoms with Crippen LogP contribution in [0.3, 0.4) is 0 Å².